The molecule has 6 heteroatoms. The standard InChI is InChI=1S/C18H24N4O2/c1-6-19-7-2-15(1)14-24-18-12-21(16-4-9-23-10-5-16)11-17-3-8-20-22(17)13-18/h1-3,6-8,16,18H,4-5,9-14H2/t18-/m1/s1. The van der Waals surface area contributed by atoms with Gasteiger partial charge in [0, 0.05) is 50.9 Å². The van der Waals surface area contributed by atoms with Gasteiger partial charge in [0.15, 0.2) is 0 Å². The molecule has 0 bridgehead atoms. The number of pyridine rings is 1. The first-order valence-electron chi connectivity index (χ1n) is 8.71. The summed E-state index contributed by atoms with van der Waals surface area (Å²) in [5.41, 5.74) is 2.43. The van der Waals surface area contributed by atoms with Crippen molar-refractivity contribution in [3.8, 4) is 0 Å². The molecule has 1 atom stereocenters. The number of fused-ring (bicyclic) bond motifs is 1. The van der Waals surface area contributed by atoms with Crippen molar-refractivity contribution < 1.29 is 9.47 Å². The maximum Gasteiger partial charge on any atom is 0.0902 e. The van der Waals surface area contributed by atoms with Crippen LogP contribution >= 0.6 is 0 Å². The Labute approximate surface area is 142 Å². The van der Waals surface area contributed by atoms with Crippen LogP contribution in [0.25, 0.3) is 0 Å². The first kappa shape index (κ1) is 15.7. The Kier molecular flexibility index (Phi) is 4.87. The summed E-state index contributed by atoms with van der Waals surface area (Å²) in [7, 11) is 0. The summed E-state index contributed by atoms with van der Waals surface area (Å²) in [6, 6.07) is 6.71. The summed E-state index contributed by atoms with van der Waals surface area (Å²) in [4.78, 5) is 6.62. The molecule has 1 fully saturated rings. The maximum absolute atomic E-state index is 6.23. The molecule has 0 radical (unpaired) electrons. The van der Waals surface area contributed by atoms with E-state index in [-0.39, 0.29) is 6.10 Å². The molecule has 0 unspecified atom stereocenters. The highest BCUT2D eigenvalue weighted by atomic mass is 16.5. The van der Waals surface area contributed by atoms with Crippen LogP contribution in [0.1, 0.15) is 24.1 Å². The van der Waals surface area contributed by atoms with E-state index in [9.17, 15) is 0 Å². The van der Waals surface area contributed by atoms with E-state index in [1.807, 2.05) is 30.7 Å². The van der Waals surface area contributed by atoms with E-state index in [0.29, 0.717) is 12.6 Å². The van der Waals surface area contributed by atoms with Crippen LogP contribution in [0.4, 0.5) is 0 Å². The number of aromatic nitrogens is 3. The zero-order valence-electron chi connectivity index (χ0n) is 13.9. The second-order valence-corrected chi connectivity index (χ2v) is 6.57. The van der Waals surface area contributed by atoms with Gasteiger partial charge in [-0.1, -0.05) is 0 Å². The highest BCUT2D eigenvalue weighted by Gasteiger charge is 2.28. The average Bonchev–Trinajstić information content (AvgIpc) is 2.99. The molecule has 0 aromatic carbocycles. The van der Waals surface area contributed by atoms with Gasteiger partial charge in [-0.3, -0.25) is 14.6 Å². The Morgan fingerprint density at radius 2 is 1.92 bits per heavy atom. The third kappa shape index (κ3) is 3.66. The lowest BCUT2D eigenvalue weighted by molar-refractivity contribution is -0.0199. The smallest absolute Gasteiger partial charge is 0.0902 e. The average molecular weight is 328 g/mol. The van der Waals surface area contributed by atoms with E-state index >= 15 is 0 Å². The quantitative estimate of drug-likeness (QED) is 0.857. The topological polar surface area (TPSA) is 52.4 Å². The monoisotopic (exact) mass is 328 g/mol. The van der Waals surface area contributed by atoms with Crippen LogP contribution in [0.15, 0.2) is 36.8 Å². The molecule has 0 spiro atoms. The fraction of sp³-hybridized carbons (Fsp3) is 0.556. The van der Waals surface area contributed by atoms with Crippen molar-refractivity contribution in [2.75, 3.05) is 19.8 Å². The second kappa shape index (κ2) is 7.42. The van der Waals surface area contributed by atoms with Crippen molar-refractivity contribution in [2.45, 2.75) is 44.7 Å². The molecule has 4 rings (SSSR count). The molecule has 128 valence electrons. The van der Waals surface area contributed by atoms with Crippen molar-refractivity contribution in [2.24, 2.45) is 0 Å². The third-order valence-corrected chi connectivity index (χ3v) is 4.93. The van der Waals surface area contributed by atoms with Crippen LogP contribution in [0.3, 0.4) is 0 Å². The number of hydrogen-bond donors (Lipinski definition) is 0. The van der Waals surface area contributed by atoms with Gasteiger partial charge >= 0.3 is 0 Å². The van der Waals surface area contributed by atoms with E-state index < -0.39 is 0 Å². The molecule has 1 saturated heterocycles. The summed E-state index contributed by atoms with van der Waals surface area (Å²) < 4.78 is 13.9. The molecular formula is C18H24N4O2. The number of ether oxygens (including phenoxy) is 2. The van der Waals surface area contributed by atoms with Crippen molar-refractivity contribution in [3.05, 3.63) is 48.0 Å². The van der Waals surface area contributed by atoms with Crippen molar-refractivity contribution in [1.29, 1.82) is 0 Å². The highest BCUT2D eigenvalue weighted by Crippen LogP contribution is 2.22. The summed E-state index contributed by atoms with van der Waals surface area (Å²) in [5.74, 6) is 0. The van der Waals surface area contributed by atoms with E-state index in [1.165, 1.54) is 5.69 Å². The van der Waals surface area contributed by atoms with Gasteiger partial charge in [-0.05, 0) is 36.6 Å². The molecule has 2 aromatic rings. The molecule has 2 aromatic heterocycles. The number of nitrogens with zero attached hydrogens (tertiary/aromatic N) is 4. The molecule has 0 N–H and O–H groups in total. The van der Waals surface area contributed by atoms with Gasteiger partial charge in [-0.25, -0.2) is 0 Å². The van der Waals surface area contributed by atoms with Gasteiger partial charge in [0.2, 0.25) is 0 Å². The second-order valence-electron chi connectivity index (χ2n) is 6.57. The number of rotatable bonds is 4. The van der Waals surface area contributed by atoms with Crippen LogP contribution in [0.5, 0.6) is 0 Å². The number of hydrogen-bond acceptors (Lipinski definition) is 5. The van der Waals surface area contributed by atoms with Gasteiger partial charge in [0.1, 0.15) is 0 Å². The maximum atomic E-state index is 6.23. The van der Waals surface area contributed by atoms with E-state index in [1.54, 1.807) is 0 Å². The van der Waals surface area contributed by atoms with Crippen LogP contribution in [-0.4, -0.2) is 51.6 Å². The van der Waals surface area contributed by atoms with E-state index in [0.717, 1.165) is 51.3 Å². The van der Waals surface area contributed by atoms with Crippen LogP contribution < -0.4 is 0 Å². The zero-order chi connectivity index (χ0) is 16.2. The lowest BCUT2D eigenvalue weighted by atomic mass is 10.1. The van der Waals surface area contributed by atoms with Crippen molar-refractivity contribution in [3.63, 3.8) is 0 Å². The molecule has 2 aliphatic rings. The third-order valence-electron chi connectivity index (χ3n) is 4.93. The Morgan fingerprint density at radius 1 is 1.08 bits per heavy atom. The summed E-state index contributed by atoms with van der Waals surface area (Å²) in [6.45, 7) is 5.05. The van der Waals surface area contributed by atoms with Crippen LogP contribution in [-0.2, 0) is 29.2 Å². The summed E-state index contributed by atoms with van der Waals surface area (Å²) >= 11 is 0. The Bertz CT molecular complexity index is 639. The SMILES string of the molecule is c1cc(CO[C@@H]2CN(C3CCOCC3)Cc3ccnn3C2)ccn1. The minimum Gasteiger partial charge on any atom is -0.381 e. The molecule has 0 aliphatic carbocycles. The molecule has 6 nitrogen and oxygen atoms in total. The summed E-state index contributed by atoms with van der Waals surface area (Å²) in [5, 5.41) is 4.48. The molecule has 2 aliphatic heterocycles. The van der Waals surface area contributed by atoms with Gasteiger partial charge in [-0.2, -0.15) is 5.10 Å². The Hall–Kier alpha value is -1.76. The lowest BCUT2D eigenvalue weighted by Gasteiger charge is -2.34. The Balaban J connectivity index is 1.46. The van der Waals surface area contributed by atoms with E-state index in [2.05, 4.69) is 25.7 Å². The fourth-order valence-electron chi connectivity index (χ4n) is 3.57. The van der Waals surface area contributed by atoms with Crippen molar-refractivity contribution >= 4 is 0 Å². The lowest BCUT2D eigenvalue weighted by Crippen LogP contribution is -2.42. The predicted octanol–water partition coefficient (Wildman–Crippen LogP) is 1.86. The molecule has 0 amide bonds. The molecule has 4 heterocycles. The fourth-order valence-corrected chi connectivity index (χ4v) is 3.57. The van der Waals surface area contributed by atoms with Crippen LogP contribution in [0, 0.1) is 0 Å². The highest BCUT2D eigenvalue weighted by molar-refractivity contribution is 5.08. The largest absolute Gasteiger partial charge is 0.381 e. The van der Waals surface area contributed by atoms with Gasteiger partial charge in [0.05, 0.1) is 24.9 Å². The van der Waals surface area contributed by atoms with Crippen LogP contribution in [0.2, 0.25) is 0 Å². The van der Waals surface area contributed by atoms with Crippen molar-refractivity contribution in [1.82, 2.24) is 19.7 Å². The predicted molar refractivity (Wildman–Crippen MR) is 89.3 cm³/mol. The minimum atomic E-state index is 0.141. The zero-order valence-corrected chi connectivity index (χ0v) is 13.9. The summed E-state index contributed by atoms with van der Waals surface area (Å²) in [6.07, 6.45) is 7.86. The molecule has 0 saturated carbocycles. The normalized spacial score (nSPS) is 22.9. The molecule has 24 heavy (non-hydrogen) atoms. The van der Waals surface area contributed by atoms with E-state index in [4.69, 9.17) is 9.47 Å². The first-order chi connectivity index (χ1) is 11.9. The molecular weight excluding hydrogens is 304 g/mol. The van der Waals surface area contributed by atoms with Gasteiger partial charge in [-0.15, -0.1) is 0 Å². The van der Waals surface area contributed by atoms with Gasteiger partial charge < -0.3 is 9.47 Å². The minimum absolute atomic E-state index is 0.141. The van der Waals surface area contributed by atoms with Gasteiger partial charge in [0.25, 0.3) is 0 Å². The Morgan fingerprint density at radius 3 is 2.75 bits per heavy atom. The first-order valence-corrected chi connectivity index (χ1v) is 8.71.